The zero-order valence-corrected chi connectivity index (χ0v) is 7.30. The highest BCUT2D eigenvalue weighted by atomic mass is 16.3. The van der Waals surface area contributed by atoms with E-state index in [0.29, 0.717) is 17.9 Å². The van der Waals surface area contributed by atoms with Crippen LogP contribution in [0.4, 0.5) is 5.82 Å². The van der Waals surface area contributed by atoms with E-state index in [0.717, 1.165) is 0 Å². The van der Waals surface area contributed by atoms with Gasteiger partial charge in [0.1, 0.15) is 23.8 Å². The van der Waals surface area contributed by atoms with Gasteiger partial charge in [0.25, 0.3) is 0 Å². The fraction of sp³-hybridized carbons (Fsp3) is 0.375. The van der Waals surface area contributed by atoms with Gasteiger partial charge in [-0.15, -0.1) is 0 Å². The van der Waals surface area contributed by atoms with Crippen LogP contribution in [0.1, 0.15) is 5.56 Å². The van der Waals surface area contributed by atoms with Gasteiger partial charge in [-0.25, -0.2) is 9.97 Å². The number of hydrogen-bond acceptors (Lipinski definition) is 5. The summed E-state index contributed by atoms with van der Waals surface area (Å²) in [5, 5.41) is 17.4. The second-order valence-electron chi connectivity index (χ2n) is 2.52. The Morgan fingerprint density at radius 2 is 2.46 bits per heavy atom. The smallest absolute Gasteiger partial charge is 0.149 e. The highest BCUT2D eigenvalue weighted by Crippen LogP contribution is 2.12. The zero-order chi connectivity index (χ0) is 9.68. The minimum atomic E-state index is 0.0331. The number of anilines is 1. The maximum atomic E-state index is 8.72. The molecule has 0 bridgehead atoms. The van der Waals surface area contributed by atoms with Crippen LogP contribution in [-0.4, -0.2) is 35.3 Å². The summed E-state index contributed by atoms with van der Waals surface area (Å²) in [5.41, 5.74) is 0.415. The largest absolute Gasteiger partial charge is 0.395 e. The van der Waals surface area contributed by atoms with E-state index in [2.05, 4.69) is 9.97 Å². The Balaban J connectivity index is 2.93. The van der Waals surface area contributed by atoms with E-state index in [-0.39, 0.29) is 6.61 Å². The summed E-state index contributed by atoms with van der Waals surface area (Å²) in [5.74, 6) is 0.548. The molecule has 5 nitrogen and oxygen atoms in total. The van der Waals surface area contributed by atoms with E-state index in [1.54, 1.807) is 11.9 Å². The highest BCUT2D eigenvalue weighted by molar-refractivity contribution is 5.51. The molecule has 5 heteroatoms. The molecule has 68 valence electrons. The molecular formula is C8H10N4O. The van der Waals surface area contributed by atoms with Gasteiger partial charge in [-0.1, -0.05) is 0 Å². The van der Waals surface area contributed by atoms with Crippen LogP contribution in [0.5, 0.6) is 0 Å². The molecule has 0 aromatic carbocycles. The van der Waals surface area contributed by atoms with E-state index >= 15 is 0 Å². The Morgan fingerprint density at radius 3 is 3.08 bits per heavy atom. The first-order valence-corrected chi connectivity index (χ1v) is 3.81. The molecule has 1 heterocycles. The van der Waals surface area contributed by atoms with Crippen molar-refractivity contribution in [3.05, 3.63) is 18.1 Å². The fourth-order valence-corrected chi connectivity index (χ4v) is 0.962. The van der Waals surface area contributed by atoms with Crippen LogP contribution in [-0.2, 0) is 0 Å². The molecule has 0 saturated heterocycles. The van der Waals surface area contributed by atoms with Crippen molar-refractivity contribution in [1.82, 2.24) is 9.97 Å². The van der Waals surface area contributed by atoms with Crippen LogP contribution >= 0.6 is 0 Å². The number of aliphatic hydroxyl groups excluding tert-OH is 1. The predicted molar refractivity (Wildman–Crippen MR) is 47.1 cm³/mol. The highest BCUT2D eigenvalue weighted by Gasteiger charge is 2.07. The van der Waals surface area contributed by atoms with Gasteiger partial charge in [-0.05, 0) is 0 Å². The summed E-state index contributed by atoms with van der Waals surface area (Å²) in [6.07, 6.45) is 2.83. The van der Waals surface area contributed by atoms with Crippen LogP contribution in [0.25, 0.3) is 0 Å². The molecule has 0 saturated carbocycles. The topological polar surface area (TPSA) is 73.0 Å². The summed E-state index contributed by atoms with van der Waals surface area (Å²) in [6.45, 7) is 0.483. The number of rotatable bonds is 3. The molecule has 0 spiro atoms. The van der Waals surface area contributed by atoms with Crippen molar-refractivity contribution >= 4 is 5.82 Å². The lowest BCUT2D eigenvalue weighted by atomic mass is 10.3. The molecule has 0 unspecified atom stereocenters. The number of nitrogens with zero attached hydrogens (tertiary/aromatic N) is 4. The minimum Gasteiger partial charge on any atom is -0.395 e. The summed E-state index contributed by atoms with van der Waals surface area (Å²) in [7, 11) is 1.76. The standard InChI is InChI=1S/C8H10N4O/c1-12(2-3-13)8-7(4-9)5-10-6-11-8/h5-6,13H,2-3H2,1H3. The third-order valence-corrected chi connectivity index (χ3v) is 1.61. The molecule has 0 amide bonds. The summed E-state index contributed by atoms with van der Waals surface area (Å²) >= 11 is 0. The van der Waals surface area contributed by atoms with Gasteiger partial charge in [0.05, 0.1) is 12.8 Å². The van der Waals surface area contributed by atoms with Gasteiger partial charge in [-0.2, -0.15) is 5.26 Å². The van der Waals surface area contributed by atoms with Crippen molar-refractivity contribution in [2.75, 3.05) is 25.1 Å². The summed E-state index contributed by atoms with van der Waals surface area (Å²) < 4.78 is 0. The van der Waals surface area contributed by atoms with Crippen molar-refractivity contribution in [3.63, 3.8) is 0 Å². The SMILES string of the molecule is CN(CCO)c1ncncc1C#N. The first-order chi connectivity index (χ1) is 6.29. The van der Waals surface area contributed by atoms with Crippen molar-refractivity contribution in [2.24, 2.45) is 0 Å². The van der Waals surface area contributed by atoms with Gasteiger partial charge in [-0.3, -0.25) is 0 Å². The first kappa shape index (κ1) is 9.42. The summed E-state index contributed by atoms with van der Waals surface area (Å²) in [6, 6.07) is 1.99. The lowest BCUT2D eigenvalue weighted by Gasteiger charge is -2.16. The maximum absolute atomic E-state index is 8.72. The quantitative estimate of drug-likeness (QED) is 0.692. The Morgan fingerprint density at radius 1 is 1.69 bits per heavy atom. The number of aromatic nitrogens is 2. The van der Waals surface area contributed by atoms with E-state index in [4.69, 9.17) is 10.4 Å². The van der Waals surface area contributed by atoms with Gasteiger partial charge < -0.3 is 10.0 Å². The number of nitriles is 1. The molecule has 13 heavy (non-hydrogen) atoms. The Kier molecular flexibility index (Phi) is 3.17. The Labute approximate surface area is 76.3 Å². The lowest BCUT2D eigenvalue weighted by molar-refractivity contribution is 0.304. The second kappa shape index (κ2) is 4.38. The van der Waals surface area contributed by atoms with Gasteiger partial charge in [0, 0.05) is 13.6 Å². The number of hydrogen-bond donors (Lipinski definition) is 1. The van der Waals surface area contributed by atoms with E-state index in [9.17, 15) is 0 Å². The van der Waals surface area contributed by atoms with E-state index in [1.807, 2.05) is 6.07 Å². The molecule has 1 rings (SSSR count). The van der Waals surface area contributed by atoms with Crippen LogP contribution in [0.3, 0.4) is 0 Å². The normalized spacial score (nSPS) is 9.31. The van der Waals surface area contributed by atoms with Crippen molar-refractivity contribution in [3.8, 4) is 6.07 Å². The Bertz CT molecular complexity index is 320. The van der Waals surface area contributed by atoms with Crippen LogP contribution in [0, 0.1) is 11.3 Å². The second-order valence-corrected chi connectivity index (χ2v) is 2.52. The predicted octanol–water partition coefficient (Wildman–Crippen LogP) is -0.223. The lowest BCUT2D eigenvalue weighted by Crippen LogP contribution is -2.23. The number of likely N-dealkylation sites (N-methyl/N-ethyl adjacent to an activating group) is 1. The molecule has 0 atom stereocenters. The van der Waals surface area contributed by atoms with E-state index < -0.39 is 0 Å². The first-order valence-electron chi connectivity index (χ1n) is 3.81. The average Bonchev–Trinajstić information content (AvgIpc) is 2.18. The van der Waals surface area contributed by atoms with Gasteiger partial charge in [0.2, 0.25) is 0 Å². The molecule has 1 aromatic rings. The minimum absolute atomic E-state index is 0.0331. The third kappa shape index (κ3) is 2.13. The average molecular weight is 178 g/mol. The Hall–Kier alpha value is -1.67. The molecule has 1 N–H and O–H groups in total. The molecule has 0 aliphatic rings. The number of aliphatic hydroxyl groups is 1. The fourth-order valence-electron chi connectivity index (χ4n) is 0.962. The van der Waals surface area contributed by atoms with Crippen LogP contribution in [0.15, 0.2) is 12.5 Å². The maximum Gasteiger partial charge on any atom is 0.149 e. The molecule has 0 radical (unpaired) electrons. The molecule has 0 aliphatic heterocycles. The van der Waals surface area contributed by atoms with Crippen molar-refractivity contribution in [1.29, 1.82) is 5.26 Å². The van der Waals surface area contributed by atoms with Gasteiger partial charge in [0.15, 0.2) is 0 Å². The van der Waals surface area contributed by atoms with Crippen molar-refractivity contribution < 1.29 is 5.11 Å². The zero-order valence-electron chi connectivity index (χ0n) is 7.30. The van der Waals surface area contributed by atoms with Crippen LogP contribution < -0.4 is 4.90 Å². The van der Waals surface area contributed by atoms with E-state index in [1.165, 1.54) is 12.5 Å². The molecule has 0 aliphatic carbocycles. The summed E-state index contributed by atoms with van der Waals surface area (Å²) in [4.78, 5) is 9.39. The van der Waals surface area contributed by atoms with Crippen LogP contribution in [0.2, 0.25) is 0 Å². The molecule has 1 aromatic heterocycles. The van der Waals surface area contributed by atoms with Crippen molar-refractivity contribution in [2.45, 2.75) is 0 Å². The molecular weight excluding hydrogens is 168 g/mol. The van der Waals surface area contributed by atoms with Gasteiger partial charge >= 0.3 is 0 Å². The third-order valence-electron chi connectivity index (χ3n) is 1.61. The molecule has 0 fully saturated rings. The monoisotopic (exact) mass is 178 g/mol.